The van der Waals surface area contributed by atoms with E-state index in [1.165, 1.54) is 6.33 Å². The summed E-state index contributed by atoms with van der Waals surface area (Å²) in [6.45, 7) is 5.27. The van der Waals surface area contributed by atoms with Crippen LogP contribution in [0.2, 0.25) is 0 Å². The lowest BCUT2D eigenvalue weighted by atomic mass is 10.3. The molecule has 1 aliphatic rings. The molecule has 0 unspecified atom stereocenters. The summed E-state index contributed by atoms with van der Waals surface area (Å²) in [4.78, 5) is 39.3. The zero-order valence-corrected chi connectivity index (χ0v) is 15.6. The normalized spacial score (nSPS) is 13.9. The van der Waals surface area contributed by atoms with E-state index in [9.17, 15) is 9.59 Å². The molecule has 11 nitrogen and oxygen atoms in total. The van der Waals surface area contributed by atoms with Crippen molar-refractivity contribution in [3.05, 3.63) is 47.2 Å². The number of aromatic amines is 1. The standard InChI is InChI=1S/C17H20N8O3/c1-10-15(28-11(2)21-10)17(27)24-4-3-14-22-12(8-25(14)6-5-24)16(26)18-7-13-19-9-20-23-13/h8-9H,3-7H2,1-2H3,(H,18,26)(H,19,20,23). The zero-order chi connectivity index (χ0) is 19.7. The summed E-state index contributed by atoms with van der Waals surface area (Å²) in [6.07, 6.45) is 3.64. The summed E-state index contributed by atoms with van der Waals surface area (Å²) < 4.78 is 7.36. The first-order chi connectivity index (χ1) is 13.5. The molecule has 0 radical (unpaired) electrons. The highest BCUT2D eigenvalue weighted by molar-refractivity contribution is 5.93. The van der Waals surface area contributed by atoms with E-state index < -0.39 is 0 Å². The van der Waals surface area contributed by atoms with Gasteiger partial charge in [0.1, 0.15) is 23.7 Å². The summed E-state index contributed by atoms with van der Waals surface area (Å²) >= 11 is 0. The second-order valence-corrected chi connectivity index (χ2v) is 6.54. The van der Waals surface area contributed by atoms with Crippen LogP contribution in [0.5, 0.6) is 0 Å². The van der Waals surface area contributed by atoms with Gasteiger partial charge in [-0.05, 0) is 6.92 Å². The van der Waals surface area contributed by atoms with Gasteiger partial charge in [-0.15, -0.1) is 0 Å². The number of nitrogens with zero attached hydrogens (tertiary/aromatic N) is 6. The van der Waals surface area contributed by atoms with Crippen molar-refractivity contribution in [3.8, 4) is 0 Å². The second kappa shape index (κ2) is 7.25. The SMILES string of the molecule is Cc1nc(C)c(C(=O)N2CCc3nc(C(=O)NCc4ncn[nH]4)cn3CC2)o1. The van der Waals surface area contributed by atoms with Crippen molar-refractivity contribution in [2.75, 3.05) is 13.1 Å². The molecular weight excluding hydrogens is 364 g/mol. The number of amides is 2. The third-order valence-corrected chi connectivity index (χ3v) is 4.57. The predicted octanol–water partition coefficient (Wildman–Crippen LogP) is 0.235. The summed E-state index contributed by atoms with van der Waals surface area (Å²) in [5, 5.41) is 9.17. The minimum absolute atomic E-state index is 0.172. The number of imidazole rings is 1. The molecule has 0 spiro atoms. The van der Waals surface area contributed by atoms with Crippen molar-refractivity contribution in [1.82, 2.24) is 39.9 Å². The van der Waals surface area contributed by atoms with Crippen LogP contribution in [0.15, 0.2) is 16.9 Å². The first kappa shape index (κ1) is 17.9. The second-order valence-electron chi connectivity index (χ2n) is 6.54. The highest BCUT2D eigenvalue weighted by atomic mass is 16.4. The molecule has 4 heterocycles. The van der Waals surface area contributed by atoms with Gasteiger partial charge in [-0.2, -0.15) is 5.10 Å². The van der Waals surface area contributed by atoms with Crippen LogP contribution in [-0.2, 0) is 19.5 Å². The van der Waals surface area contributed by atoms with Gasteiger partial charge in [0.15, 0.2) is 5.89 Å². The summed E-state index contributed by atoms with van der Waals surface area (Å²) in [7, 11) is 0. The van der Waals surface area contributed by atoms with Crippen LogP contribution in [0.25, 0.3) is 0 Å². The fourth-order valence-electron chi connectivity index (χ4n) is 3.18. The van der Waals surface area contributed by atoms with Crippen LogP contribution in [0.1, 0.15) is 44.3 Å². The predicted molar refractivity (Wildman–Crippen MR) is 95.4 cm³/mol. The lowest BCUT2D eigenvalue weighted by Crippen LogP contribution is -2.34. The van der Waals surface area contributed by atoms with Gasteiger partial charge >= 0.3 is 0 Å². The molecule has 0 saturated carbocycles. The molecule has 0 fully saturated rings. The lowest BCUT2D eigenvalue weighted by molar-refractivity contribution is 0.0724. The van der Waals surface area contributed by atoms with Gasteiger partial charge in [-0.1, -0.05) is 0 Å². The van der Waals surface area contributed by atoms with Crippen LogP contribution in [-0.4, -0.2) is 59.5 Å². The maximum Gasteiger partial charge on any atom is 0.291 e. The minimum Gasteiger partial charge on any atom is -0.436 e. The van der Waals surface area contributed by atoms with E-state index in [-0.39, 0.29) is 24.1 Å². The Morgan fingerprint density at radius 3 is 2.82 bits per heavy atom. The average molecular weight is 384 g/mol. The molecule has 2 amide bonds. The maximum atomic E-state index is 12.7. The first-order valence-corrected chi connectivity index (χ1v) is 8.93. The van der Waals surface area contributed by atoms with E-state index in [0.717, 1.165) is 5.82 Å². The number of hydrogen-bond donors (Lipinski definition) is 2. The van der Waals surface area contributed by atoms with E-state index in [1.54, 1.807) is 24.9 Å². The molecule has 4 rings (SSSR count). The van der Waals surface area contributed by atoms with Gasteiger partial charge in [0.05, 0.1) is 12.2 Å². The van der Waals surface area contributed by atoms with E-state index >= 15 is 0 Å². The maximum absolute atomic E-state index is 12.7. The van der Waals surface area contributed by atoms with Crippen LogP contribution in [0.4, 0.5) is 0 Å². The number of rotatable bonds is 4. The average Bonchev–Trinajstić information content (AvgIpc) is 3.38. The molecule has 28 heavy (non-hydrogen) atoms. The third-order valence-electron chi connectivity index (χ3n) is 4.57. The monoisotopic (exact) mass is 384 g/mol. The zero-order valence-electron chi connectivity index (χ0n) is 15.6. The number of aromatic nitrogens is 6. The van der Waals surface area contributed by atoms with Gasteiger partial charge in [-0.25, -0.2) is 15.0 Å². The Labute approximate surface area is 160 Å². The smallest absolute Gasteiger partial charge is 0.291 e. The fraction of sp³-hybridized carbons (Fsp3) is 0.412. The van der Waals surface area contributed by atoms with Crippen molar-refractivity contribution in [2.24, 2.45) is 0 Å². The summed E-state index contributed by atoms with van der Waals surface area (Å²) in [5.41, 5.74) is 0.936. The van der Waals surface area contributed by atoms with Crippen molar-refractivity contribution in [2.45, 2.75) is 33.4 Å². The van der Waals surface area contributed by atoms with E-state index in [1.807, 2.05) is 4.57 Å². The Hall–Kier alpha value is -3.50. The van der Waals surface area contributed by atoms with Gasteiger partial charge in [-0.3, -0.25) is 14.7 Å². The summed E-state index contributed by atoms with van der Waals surface area (Å²) in [6, 6.07) is 0. The highest BCUT2D eigenvalue weighted by Crippen LogP contribution is 2.16. The number of nitrogens with one attached hydrogen (secondary N) is 2. The Morgan fingerprint density at radius 2 is 2.11 bits per heavy atom. The van der Waals surface area contributed by atoms with Gasteiger partial charge < -0.3 is 19.2 Å². The number of hydrogen-bond acceptors (Lipinski definition) is 7. The number of H-pyrrole nitrogens is 1. The van der Waals surface area contributed by atoms with Gasteiger partial charge in [0.25, 0.3) is 11.8 Å². The van der Waals surface area contributed by atoms with Crippen molar-refractivity contribution in [3.63, 3.8) is 0 Å². The largest absolute Gasteiger partial charge is 0.436 e. The number of carbonyl (C=O) groups excluding carboxylic acids is 2. The Bertz CT molecular complexity index is 978. The van der Waals surface area contributed by atoms with Gasteiger partial charge in [0.2, 0.25) is 5.76 Å². The molecule has 3 aromatic rings. The van der Waals surface area contributed by atoms with Gasteiger partial charge in [0, 0.05) is 39.2 Å². The lowest BCUT2D eigenvalue weighted by Gasteiger charge is -2.18. The molecule has 11 heteroatoms. The van der Waals surface area contributed by atoms with Crippen molar-refractivity contribution < 1.29 is 14.0 Å². The quantitative estimate of drug-likeness (QED) is 0.657. The number of oxazole rings is 1. The van der Waals surface area contributed by atoms with Crippen LogP contribution < -0.4 is 5.32 Å². The molecular formula is C17H20N8O3. The molecule has 0 atom stereocenters. The van der Waals surface area contributed by atoms with E-state index in [4.69, 9.17) is 4.42 Å². The van der Waals surface area contributed by atoms with Crippen molar-refractivity contribution in [1.29, 1.82) is 0 Å². The molecule has 1 aliphatic heterocycles. The van der Waals surface area contributed by atoms with Crippen LogP contribution >= 0.6 is 0 Å². The summed E-state index contributed by atoms with van der Waals surface area (Å²) in [5.74, 6) is 1.65. The fourth-order valence-corrected chi connectivity index (χ4v) is 3.18. The molecule has 0 saturated heterocycles. The molecule has 0 bridgehead atoms. The molecule has 0 aliphatic carbocycles. The van der Waals surface area contributed by atoms with Crippen LogP contribution in [0, 0.1) is 13.8 Å². The highest BCUT2D eigenvalue weighted by Gasteiger charge is 2.26. The molecule has 3 aromatic heterocycles. The van der Waals surface area contributed by atoms with Crippen molar-refractivity contribution >= 4 is 11.8 Å². The topological polar surface area (TPSA) is 135 Å². The van der Waals surface area contributed by atoms with E-state index in [2.05, 4.69) is 30.5 Å². The Balaban J connectivity index is 1.40. The Morgan fingerprint density at radius 1 is 1.25 bits per heavy atom. The number of carbonyl (C=O) groups is 2. The molecule has 2 N–H and O–H groups in total. The minimum atomic E-state index is -0.280. The molecule has 0 aromatic carbocycles. The number of fused-ring (bicyclic) bond motifs is 1. The first-order valence-electron chi connectivity index (χ1n) is 8.93. The third kappa shape index (κ3) is 3.50. The van der Waals surface area contributed by atoms with E-state index in [0.29, 0.717) is 49.2 Å². The molecule has 146 valence electrons. The van der Waals surface area contributed by atoms with Crippen LogP contribution in [0.3, 0.4) is 0 Å². The Kier molecular flexibility index (Phi) is 4.63. The number of aryl methyl sites for hydroxylation is 2.